The predicted octanol–water partition coefficient (Wildman–Crippen LogP) is 2.35. The first kappa shape index (κ1) is 18.4. The van der Waals surface area contributed by atoms with Crippen molar-refractivity contribution in [3.63, 3.8) is 0 Å². The van der Waals surface area contributed by atoms with E-state index >= 15 is 0 Å². The number of amides is 1. The summed E-state index contributed by atoms with van der Waals surface area (Å²) in [4.78, 5) is 14.6. The molecule has 1 atom stereocenters. The van der Waals surface area contributed by atoms with Crippen LogP contribution in [0.15, 0.2) is 24.3 Å². The van der Waals surface area contributed by atoms with Crippen LogP contribution in [0.4, 0.5) is 5.95 Å². The summed E-state index contributed by atoms with van der Waals surface area (Å²) >= 11 is 0. The van der Waals surface area contributed by atoms with Gasteiger partial charge in [0, 0.05) is 25.0 Å². The Bertz CT molecular complexity index is 731. The van der Waals surface area contributed by atoms with Gasteiger partial charge in [0.2, 0.25) is 11.9 Å². The van der Waals surface area contributed by atoms with Crippen LogP contribution in [0.3, 0.4) is 0 Å². The van der Waals surface area contributed by atoms with Crippen molar-refractivity contribution in [2.45, 2.75) is 46.6 Å². The van der Waals surface area contributed by atoms with E-state index in [2.05, 4.69) is 53.4 Å². The first-order valence-corrected chi connectivity index (χ1v) is 9.36. The van der Waals surface area contributed by atoms with Crippen LogP contribution in [0, 0.1) is 18.8 Å². The number of carbonyl (C=O) groups is 1. The van der Waals surface area contributed by atoms with E-state index in [1.807, 2.05) is 24.3 Å². The molecule has 7 nitrogen and oxygen atoms in total. The molecule has 2 aromatic rings. The van der Waals surface area contributed by atoms with E-state index in [1.165, 1.54) is 5.56 Å². The van der Waals surface area contributed by atoms with Gasteiger partial charge in [-0.05, 0) is 55.2 Å². The maximum absolute atomic E-state index is 12.5. The Morgan fingerprint density at radius 3 is 2.42 bits per heavy atom. The third kappa shape index (κ3) is 4.03. The van der Waals surface area contributed by atoms with E-state index in [9.17, 15) is 4.79 Å². The van der Waals surface area contributed by atoms with Crippen molar-refractivity contribution in [1.29, 1.82) is 0 Å². The van der Waals surface area contributed by atoms with Gasteiger partial charge in [0.1, 0.15) is 0 Å². The molecule has 1 amide bonds. The second kappa shape index (κ2) is 7.85. The maximum Gasteiger partial charge on any atom is 0.250 e. The van der Waals surface area contributed by atoms with Crippen LogP contribution in [0.25, 0.3) is 5.69 Å². The number of aryl methyl sites for hydroxylation is 1. The minimum absolute atomic E-state index is 0.0659. The van der Waals surface area contributed by atoms with Gasteiger partial charge in [0.05, 0.1) is 5.69 Å². The highest BCUT2D eigenvalue weighted by Gasteiger charge is 2.28. The highest BCUT2D eigenvalue weighted by molar-refractivity contribution is 5.79. The van der Waals surface area contributed by atoms with Gasteiger partial charge in [-0.1, -0.05) is 36.6 Å². The van der Waals surface area contributed by atoms with Crippen LogP contribution in [0.1, 0.15) is 39.2 Å². The molecule has 1 aliphatic rings. The van der Waals surface area contributed by atoms with Gasteiger partial charge in [-0.25, -0.2) is 0 Å². The van der Waals surface area contributed by atoms with Crippen molar-refractivity contribution >= 4 is 11.9 Å². The van der Waals surface area contributed by atoms with E-state index in [0.29, 0.717) is 5.92 Å². The normalized spacial score (nSPS) is 16.7. The summed E-state index contributed by atoms with van der Waals surface area (Å²) < 4.78 is 1.76. The first-order chi connectivity index (χ1) is 12.5. The molecule has 0 aliphatic carbocycles. The molecule has 1 N–H and O–H groups in total. The minimum Gasteiger partial charge on any atom is -0.353 e. The van der Waals surface area contributed by atoms with E-state index < -0.39 is 0 Å². The van der Waals surface area contributed by atoms with Crippen LogP contribution in [0.5, 0.6) is 0 Å². The predicted molar refractivity (Wildman–Crippen MR) is 101 cm³/mol. The van der Waals surface area contributed by atoms with Crippen LogP contribution in [0.2, 0.25) is 0 Å². The van der Waals surface area contributed by atoms with Gasteiger partial charge in [-0.15, -0.1) is 0 Å². The zero-order valence-electron chi connectivity index (χ0n) is 16.0. The van der Waals surface area contributed by atoms with Crippen LogP contribution in [-0.4, -0.2) is 45.2 Å². The van der Waals surface area contributed by atoms with Crippen LogP contribution >= 0.6 is 0 Å². The molecule has 7 heteroatoms. The summed E-state index contributed by atoms with van der Waals surface area (Å²) in [6.45, 7) is 9.92. The van der Waals surface area contributed by atoms with Crippen LogP contribution in [-0.2, 0) is 4.79 Å². The van der Waals surface area contributed by atoms with Gasteiger partial charge in [-0.3, -0.25) is 4.79 Å². The van der Waals surface area contributed by atoms with Crippen molar-refractivity contribution < 1.29 is 4.79 Å². The molecule has 2 heterocycles. The standard InChI is InChI=1S/C19H28N6O/c1-13(2)15(4)20-18(26)16-9-11-24(12-10-16)19-21-22-23-25(19)17-7-5-14(3)6-8-17/h5-8,13,15-16H,9-12H2,1-4H3,(H,20,26)/t15-/m0/s1. The fourth-order valence-corrected chi connectivity index (χ4v) is 3.08. The van der Waals surface area contributed by atoms with Gasteiger partial charge < -0.3 is 10.2 Å². The highest BCUT2D eigenvalue weighted by atomic mass is 16.1. The topological polar surface area (TPSA) is 75.9 Å². The molecule has 140 valence electrons. The van der Waals surface area contributed by atoms with Crippen molar-refractivity contribution in [1.82, 2.24) is 25.5 Å². The number of hydrogen-bond donors (Lipinski definition) is 1. The van der Waals surface area contributed by atoms with E-state index in [4.69, 9.17) is 0 Å². The summed E-state index contributed by atoms with van der Waals surface area (Å²) in [5.74, 6) is 1.42. The molecule has 0 spiro atoms. The van der Waals surface area contributed by atoms with Crippen molar-refractivity contribution in [3.05, 3.63) is 29.8 Å². The Labute approximate surface area is 154 Å². The first-order valence-electron chi connectivity index (χ1n) is 9.36. The number of nitrogens with one attached hydrogen (secondary N) is 1. The molecule has 1 aromatic heterocycles. The molecule has 0 bridgehead atoms. The minimum atomic E-state index is 0.0659. The van der Waals surface area contributed by atoms with Crippen molar-refractivity contribution in [2.75, 3.05) is 18.0 Å². The number of benzene rings is 1. The fourth-order valence-electron chi connectivity index (χ4n) is 3.08. The number of nitrogens with zero attached hydrogens (tertiary/aromatic N) is 5. The molecule has 0 saturated carbocycles. The molecule has 0 radical (unpaired) electrons. The Morgan fingerprint density at radius 1 is 1.15 bits per heavy atom. The molecule has 1 aliphatic heterocycles. The average molecular weight is 356 g/mol. The quantitative estimate of drug-likeness (QED) is 0.890. The lowest BCUT2D eigenvalue weighted by atomic mass is 9.95. The number of aromatic nitrogens is 4. The number of rotatable bonds is 5. The molecule has 1 fully saturated rings. The van der Waals surface area contributed by atoms with E-state index in [-0.39, 0.29) is 17.9 Å². The largest absolute Gasteiger partial charge is 0.353 e. The third-order valence-corrected chi connectivity index (χ3v) is 5.25. The number of hydrogen-bond acceptors (Lipinski definition) is 5. The number of anilines is 1. The lowest BCUT2D eigenvalue weighted by Crippen LogP contribution is -2.45. The van der Waals surface area contributed by atoms with Gasteiger partial charge >= 0.3 is 0 Å². The SMILES string of the molecule is Cc1ccc(-n2nnnc2N2CCC(C(=O)N[C@@H](C)C(C)C)CC2)cc1. The monoisotopic (exact) mass is 356 g/mol. The number of piperidine rings is 1. The van der Waals surface area contributed by atoms with Crippen molar-refractivity contribution in [2.24, 2.45) is 11.8 Å². The maximum atomic E-state index is 12.5. The van der Waals surface area contributed by atoms with Gasteiger partial charge in [0.15, 0.2) is 0 Å². The third-order valence-electron chi connectivity index (χ3n) is 5.25. The summed E-state index contributed by atoms with van der Waals surface area (Å²) in [7, 11) is 0. The summed E-state index contributed by atoms with van der Waals surface area (Å²) in [5, 5.41) is 15.3. The van der Waals surface area contributed by atoms with E-state index in [0.717, 1.165) is 37.6 Å². The molecule has 3 rings (SSSR count). The molecule has 26 heavy (non-hydrogen) atoms. The summed E-state index contributed by atoms with van der Waals surface area (Å²) in [6.07, 6.45) is 1.63. The molecule has 1 saturated heterocycles. The second-order valence-electron chi connectivity index (χ2n) is 7.53. The molecular weight excluding hydrogens is 328 g/mol. The number of tetrazole rings is 1. The van der Waals surface area contributed by atoms with Crippen LogP contribution < -0.4 is 10.2 Å². The Morgan fingerprint density at radius 2 is 1.81 bits per heavy atom. The fraction of sp³-hybridized carbons (Fsp3) is 0.579. The second-order valence-corrected chi connectivity index (χ2v) is 7.53. The van der Waals surface area contributed by atoms with E-state index in [1.54, 1.807) is 4.68 Å². The summed E-state index contributed by atoms with van der Waals surface area (Å²) in [5.41, 5.74) is 2.15. The summed E-state index contributed by atoms with van der Waals surface area (Å²) in [6, 6.07) is 8.33. The zero-order chi connectivity index (χ0) is 18.7. The highest BCUT2D eigenvalue weighted by Crippen LogP contribution is 2.23. The van der Waals surface area contributed by atoms with Gasteiger partial charge in [-0.2, -0.15) is 4.68 Å². The van der Waals surface area contributed by atoms with Gasteiger partial charge in [0.25, 0.3) is 0 Å². The number of carbonyl (C=O) groups excluding carboxylic acids is 1. The van der Waals surface area contributed by atoms with Crippen molar-refractivity contribution in [3.8, 4) is 5.69 Å². The Balaban J connectivity index is 1.63. The smallest absolute Gasteiger partial charge is 0.250 e. The lowest BCUT2D eigenvalue weighted by molar-refractivity contribution is -0.126. The lowest BCUT2D eigenvalue weighted by Gasteiger charge is -2.32. The molecular formula is C19H28N6O. The zero-order valence-corrected chi connectivity index (χ0v) is 16.0. The average Bonchev–Trinajstić information content (AvgIpc) is 3.12. The Hall–Kier alpha value is -2.44. The molecule has 0 unspecified atom stereocenters. The Kier molecular flexibility index (Phi) is 5.54. The molecule has 1 aromatic carbocycles.